The number of benzene rings is 2. The summed E-state index contributed by atoms with van der Waals surface area (Å²) in [5, 5.41) is 10.5. The zero-order valence-corrected chi connectivity index (χ0v) is 16.0. The van der Waals surface area contributed by atoms with Gasteiger partial charge >= 0.3 is 0 Å². The van der Waals surface area contributed by atoms with E-state index in [0.717, 1.165) is 25.9 Å². The lowest BCUT2D eigenvalue weighted by atomic mass is 9.98. The van der Waals surface area contributed by atoms with Gasteiger partial charge in [0.05, 0.1) is 5.56 Å². The van der Waals surface area contributed by atoms with Crippen molar-refractivity contribution in [2.24, 2.45) is 7.05 Å². The van der Waals surface area contributed by atoms with Gasteiger partial charge in [0.2, 0.25) is 5.95 Å². The third-order valence-corrected chi connectivity index (χ3v) is 5.09. The molecule has 6 nitrogen and oxygen atoms in total. The predicted octanol–water partition coefficient (Wildman–Crippen LogP) is 3.48. The molecule has 8 heteroatoms. The minimum Gasteiger partial charge on any atom is -0.317 e. The summed E-state index contributed by atoms with van der Waals surface area (Å²) in [4.78, 5) is 17.2. The number of amides is 1. The molecule has 0 aliphatic carbocycles. The number of nitrogens with zero attached hydrogens (tertiary/aromatic N) is 3. The third kappa shape index (κ3) is 4.02. The van der Waals surface area contributed by atoms with E-state index in [9.17, 15) is 13.6 Å². The van der Waals surface area contributed by atoms with Gasteiger partial charge in [0.1, 0.15) is 11.6 Å². The number of aryl methyl sites for hydroxylation is 1. The highest BCUT2D eigenvalue weighted by Crippen LogP contribution is 2.27. The maximum atomic E-state index is 14.1. The van der Waals surface area contributed by atoms with Gasteiger partial charge in [-0.1, -0.05) is 18.2 Å². The van der Waals surface area contributed by atoms with Crippen LogP contribution < -0.4 is 10.6 Å². The Hall–Kier alpha value is -3.13. The molecule has 2 aromatic carbocycles. The topological polar surface area (TPSA) is 71.8 Å². The Balaban J connectivity index is 1.56. The number of anilines is 1. The first kappa shape index (κ1) is 19.2. The second-order valence-electron chi connectivity index (χ2n) is 7.07. The largest absolute Gasteiger partial charge is 0.317 e. The molecule has 1 saturated heterocycles. The maximum Gasteiger partial charge on any atom is 0.258 e. The van der Waals surface area contributed by atoms with Gasteiger partial charge in [-0.15, -0.1) is 0 Å². The first-order valence-electron chi connectivity index (χ1n) is 9.50. The molecule has 1 aliphatic heterocycles. The van der Waals surface area contributed by atoms with Crippen LogP contribution in [0.2, 0.25) is 0 Å². The number of carbonyl (C=O) groups excluding carboxylic acids is 1. The van der Waals surface area contributed by atoms with Gasteiger partial charge in [0.15, 0.2) is 5.82 Å². The van der Waals surface area contributed by atoms with Crippen LogP contribution in [0.4, 0.5) is 14.7 Å². The molecule has 2 N–H and O–H groups in total. The predicted molar refractivity (Wildman–Crippen MR) is 106 cm³/mol. The molecule has 0 spiro atoms. The lowest BCUT2D eigenvalue weighted by Gasteiger charge is -2.19. The fourth-order valence-corrected chi connectivity index (χ4v) is 3.53. The number of aromatic nitrogens is 3. The summed E-state index contributed by atoms with van der Waals surface area (Å²) in [5.74, 6) is -0.459. The van der Waals surface area contributed by atoms with E-state index in [1.54, 1.807) is 25.2 Å². The average molecular weight is 397 g/mol. The van der Waals surface area contributed by atoms with Gasteiger partial charge in [0, 0.05) is 18.5 Å². The van der Waals surface area contributed by atoms with E-state index in [2.05, 4.69) is 20.7 Å². The molecule has 29 heavy (non-hydrogen) atoms. The molecule has 3 aromatic rings. The zero-order chi connectivity index (χ0) is 20.4. The van der Waals surface area contributed by atoms with Gasteiger partial charge in [-0.3, -0.25) is 10.1 Å². The maximum absolute atomic E-state index is 14.1. The first-order chi connectivity index (χ1) is 14.0. The lowest BCUT2D eigenvalue weighted by molar-refractivity contribution is 0.102. The summed E-state index contributed by atoms with van der Waals surface area (Å²) in [5.41, 5.74) is 0.409. The normalized spacial score (nSPS) is 14.7. The van der Waals surface area contributed by atoms with Gasteiger partial charge in [-0.05, 0) is 55.8 Å². The summed E-state index contributed by atoms with van der Waals surface area (Å²) < 4.78 is 29.7. The standard InChI is InChI=1S/C21H21F2N5O/c1-28-21(25-19(27-28)13-8-10-24-11-9-13)26-20(29)15-5-2-4-14(12-15)18-16(22)6-3-7-17(18)23/h2-7,12-13,24H,8-11H2,1H3,(H,25,26,27,29). The molecule has 1 amide bonds. The number of carbonyl (C=O) groups is 1. The Morgan fingerprint density at radius 2 is 1.83 bits per heavy atom. The first-order valence-corrected chi connectivity index (χ1v) is 9.50. The van der Waals surface area contributed by atoms with Crippen molar-refractivity contribution in [3.63, 3.8) is 0 Å². The van der Waals surface area contributed by atoms with Gasteiger partial charge < -0.3 is 5.32 Å². The number of hydrogen-bond acceptors (Lipinski definition) is 4. The van der Waals surface area contributed by atoms with Crippen LogP contribution in [0.5, 0.6) is 0 Å². The van der Waals surface area contributed by atoms with Crippen LogP contribution in [0, 0.1) is 11.6 Å². The lowest BCUT2D eigenvalue weighted by Crippen LogP contribution is -2.27. The highest BCUT2D eigenvalue weighted by molar-refractivity contribution is 6.04. The monoisotopic (exact) mass is 397 g/mol. The molecule has 0 saturated carbocycles. The number of piperidine rings is 1. The zero-order valence-electron chi connectivity index (χ0n) is 16.0. The van der Waals surface area contributed by atoms with E-state index in [1.165, 1.54) is 28.9 Å². The summed E-state index contributed by atoms with van der Waals surface area (Å²) in [6, 6.07) is 9.88. The fourth-order valence-electron chi connectivity index (χ4n) is 3.53. The van der Waals surface area contributed by atoms with Crippen LogP contribution in [0.1, 0.15) is 34.9 Å². The Kier molecular flexibility index (Phi) is 5.35. The van der Waals surface area contributed by atoms with Crippen LogP contribution >= 0.6 is 0 Å². The molecule has 150 valence electrons. The summed E-state index contributed by atoms with van der Waals surface area (Å²) in [7, 11) is 1.72. The highest BCUT2D eigenvalue weighted by atomic mass is 19.1. The number of halogens is 2. The molecule has 0 bridgehead atoms. The third-order valence-electron chi connectivity index (χ3n) is 5.09. The molecule has 1 aliphatic rings. The highest BCUT2D eigenvalue weighted by Gasteiger charge is 2.22. The molecule has 2 heterocycles. The van der Waals surface area contributed by atoms with Crippen LogP contribution in [0.25, 0.3) is 11.1 Å². The fraction of sp³-hybridized carbons (Fsp3) is 0.286. The van der Waals surface area contributed by atoms with Gasteiger partial charge in [-0.2, -0.15) is 10.1 Å². The molecule has 0 radical (unpaired) electrons. The minimum atomic E-state index is -0.678. The number of hydrogen-bond donors (Lipinski definition) is 2. The van der Waals surface area contributed by atoms with E-state index in [1.807, 2.05) is 0 Å². The molecule has 0 unspecified atom stereocenters. The number of rotatable bonds is 4. The number of nitrogens with one attached hydrogen (secondary N) is 2. The summed E-state index contributed by atoms with van der Waals surface area (Å²) in [6.45, 7) is 1.84. The van der Waals surface area contributed by atoms with Gasteiger partial charge in [0.25, 0.3) is 5.91 Å². The van der Waals surface area contributed by atoms with Crippen molar-refractivity contribution in [1.82, 2.24) is 20.1 Å². The SMILES string of the molecule is Cn1nc(C2CCNCC2)nc1NC(=O)c1cccc(-c2c(F)cccc2F)c1. The van der Waals surface area contributed by atoms with E-state index in [0.29, 0.717) is 17.3 Å². The van der Waals surface area contributed by atoms with Crippen LogP contribution in [-0.2, 0) is 7.05 Å². The van der Waals surface area contributed by atoms with E-state index in [-0.39, 0.29) is 17.0 Å². The molecule has 0 atom stereocenters. The van der Waals surface area contributed by atoms with Crippen molar-refractivity contribution in [2.45, 2.75) is 18.8 Å². The quantitative estimate of drug-likeness (QED) is 0.707. The Bertz CT molecular complexity index is 1020. The van der Waals surface area contributed by atoms with Crippen molar-refractivity contribution in [1.29, 1.82) is 0 Å². The smallest absolute Gasteiger partial charge is 0.258 e. The summed E-state index contributed by atoms with van der Waals surface area (Å²) >= 11 is 0. The Morgan fingerprint density at radius 3 is 2.55 bits per heavy atom. The second kappa shape index (κ2) is 8.08. The van der Waals surface area contributed by atoms with Crippen molar-refractivity contribution in [3.05, 3.63) is 65.5 Å². The van der Waals surface area contributed by atoms with Crippen molar-refractivity contribution < 1.29 is 13.6 Å². The van der Waals surface area contributed by atoms with Gasteiger partial charge in [-0.25, -0.2) is 13.5 Å². The second-order valence-corrected chi connectivity index (χ2v) is 7.07. The average Bonchev–Trinajstić information content (AvgIpc) is 3.09. The Labute approximate surface area is 167 Å². The van der Waals surface area contributed by atoms with E-state index >= 15 is 0 Å². The minimum absolute atomic E-state index is 0.158. The van der Waals surface area contributed by atoms with E-state index in [4.69, 9.17) is 0 Å². The summed E-state index contributed by atoms with van der Waals surface area (Å²) in [6.07, 6.45) is 1.90. The molecular formula is C21H21F2N5O. The van der Waals surface area contributed by atoms with E-state index < -0.39 is 17.5 Å². The molecule has 4 rings (SSSR count). The van der Waals surface area contributed by atoms with Crippen molar-refractivity contribution in [2.75, 3.05) is 18.4 Å². The van der Waals surface area contributed by atoms with Crippen molar-refractivity contribution >= 4 is 11.9 Å². The van der Waals surface area contributed by atoms with Crippen LogP contribution in [0.3, 0.4) is 0 Å². The van der Waals surface area contributed by atoms with Crippen LogP contribution in [0.15, 0.2) is 42.5 Å². The molecule has 1 aromatic heterocycles. The Morgan fingerprint density at radius 1 is 1.14 bits per heavy atom. The molecular weight excluding hydrogens is 376 g/mol. The van der Waals surface area contributed by atoms with Crippen molar-refractivity contribution in [3.8, 4) is 11.1 Å². The molecule has 1 fully saturated rings. The van der Waals surface area contributed by atoms with Crippen LogP contribution in [-0.4, -0.2) is 33.8 Å².